The van der Waals surface area contributed by atoms with Gasteiger partial charge in [0.15, 0.2) is 0 Å². The molecule has 0 unspecified atom stereocenters. The fourth-order valence-corrected chi connectivity index (χ4v) is 1.42. The molecule has 0 aliphatic heterocycles. The van der Waals surface area contributed by atoms with Gasteiger partial charge in [0.25, 0.3) is 0 Å². The molecule has 64 valence electrons. The van der Waals surface area contributed by atoms with Crippen LogP contribution in [-0.2, 0) is 6.42 Å². The van der Waals surface area contributed by atoms with Crippen LogP contribution in [0.1, 0.15) is 5.82 Å². The molecule has 0 aliphatic carbocycles. The summed E-state index contributed by atoms with van der Waals surface area (Å²) >= 11 is 1.49. The minimum absolute atomic E-state index is 0.247. The first-order chi connectivity index (χ1) is 6.40. The summed E-state index contributed by atoms with van der Waals surface area (Å²) in [6.07, 6.45) is 0.247. The molecule has 2 aromatic rings. The van der Waals surface area contributed by atoms with Crippen molar-refractivity contribution in [3.8, 4) is 17.6 Å². The standard InChI is InChI=1S/C7H5N5S/c8-2-1-6-10-7(12-11-6)5-3-13-4-9-5/h3-4H,1H2,(H,10,11,12). The van der Waals surface area contributed by atoms with E-state index in [1.165, 1.54) is 11.3 Å². The van der Waals surface area contributed by atoms with Crippen LogP contribution in [0, 0.1) is 11.3 Å². The monoisotopic (exact) mass is 191 g/mol. The van der Waals surface area contributed by atoms with Crippen molar-refractivity contribution in [2.45, 2.75) is 6.42 Å². The molecule has 0 fully saturated rings. The molecule has 13 heavy (non-hydrogen) atoms. The van der Waals surface area contributed by atoms with Gasteiger partial charge in [-0.15, -0.1) is 11.3 Å². The first kappa shape index (κ1) is 7.89. The lowest BCUT2D eigenvalue weighted by molar-refractivity contribution is 0.995. The van der Waals surface area contributed by atoms with Crippen LogP contribution in [0.2, 0.25) is 0 Å². The molecule has 2 heterocycles. The van der Waals surface area contributed by atoms with Gasteiger partial charge in [0.05, 0.1) is 18.0 Å². The Hall–Kier alpha value is -1.74. The van der Waals surface area contributed by atoms with Crippen LogP contribution in [0.3, 0.4) is 0 Å². The van der Waals surface area contributed by atoms with Crippen molar-refractivity contribution in [3.63, 3.8) is 0 Å². The molecule has 0 radical (unpaired) electrons. The van der Waals surface area contributed by atoms with Crippen LogP contribution in [-0.4, -0.2) is 20.2 Å². The number of nitrogens with one attached hydrogen (secondary N) is 1. The predicted octanol–water partition coefficient (Wildman–Crippen LogP) is 0.994. The van der Waals surface area contributed by atoms with Gasteiger partial charge in [0, 0.05) is 5.38 Å². The second-order valence-corrected chi connectivity index (χ2v) is 3.03. The molecule has 0 bridgehead atoms. The maximum Gasteiger partial charge on any atom is 0.200 e. The Morgan fingerprint density at radius 2 is 2.54 bits per heavy atom. The van der Waals surface area contributed by atoms with Crippen molar-refractivity contribution in [3.05, 3.63) is 16.7 Å². The van der Waals surface area contributed by atoms with Gasteiger partial charge in [0.1, 0.15) is 11.5 Å². The van der Waals surface area contributed by atoms with Gasteiger partial charge >= 0.3 is 0 Å². The molecule has 1 N–H and O–H groups in total. The van der Waals surface area contributed by atoms with E-state index in [0.29, 0.717) is 11.6 Å². The van der Waals surface area contributed by atoms with Crippen LogP contribution in [0.5, 0.6) is 0 Å². The Labute approximate surface area is 78.1 Å². The lowest BCUT2D eigenvalue weighted by Gasteiger charge is -1.82. The van der Waals surface area contributed by atoms with Crippen molar-refractivity contribution >= 4 is 11.3 Å². The third-order valence-corrected chi connectivity index (χ3v) is 2.03. The largest absolute Gasteiger partial charge is 0.262 e. The summed E-state index contributed by atoms with van der Waals surface area (Å²) in [7, 11) is 0. The summed E-state index contributed by atoms with van der Waals surface area (Å²) in [5, 5.41) is 16.9. The number of hydrogen-bond acceptors (Lipinski definition) is 5. The zero-order valence-electron chi connectivity index (χ0n) is 6.56. The number of hydrogen-bond donors (Lipinski definition) is 1. The smallest absolute Gasteiger partial charge is 0.200 e. The van der Waals surface area contributed by atoms with E-state index >= 15 is 0 Å². The number of aromatic nitrogens is 4. The quantitative estimate of drug-likeness (QED) is 0.767. The highest BCUT2D eigenvalue weighted by atomic mass is 32.1. The highest BCUT2D eigenvalue weighted by Gasteiger charge is 2.06. The summed E-state index contributed by atoms with van der Waals surface area (Å²) in [4.78, 5) is 8.15. The second kappa shape index (κ2) is 3.33. The van der Waals surface area contributed by atoms with Crippen molar-refractivity contribution < 1.29 is 0 Å². The van der Waals surface area contributed by atoms with Crippen LogP contribution < -0.4 is 0 Å². The molecule has 0 atom stereocenters. The minimum Gasteiger partial charge on any atom is -0.262 e. The number of thiazole rings is 1. The average molecular weight is 191 g/mol. The van der Waals surface area contributed by atoms with E-state index in [1.54, 1.807) is 5.51 Å². The summed E-state index contributed by atoms with van der Waals surface area (Å²) in [6.45, 7) is 0. The third kappa shape index (κ3) is 1.55. The van der Waals surface area contributed by atoms with Crippen molar-refractivity contribution in [2.24, 2.45) is 0 Å². The van der Waals surface area contributed by atoms with Crippen molar-refractivity contribution in [2.75, 3.05) is 0 Å². The third-order valence-electron chi connectivity index (χ3n) is 1.44. The van der Waals surface area contributed by atoms with E-state index in [4.69, 9.17) is 5.26 Å². The van der Waals surface area contributed by atoms with E-state index in [-0.39, 0.29) is 6.42 Å². The Balaban J connectivity index is 2.29. The summed E-state index contributed by atoms with van der Waals surface area (Å²) in [6, 6.07) is 1.99. The lowest BCUT2D eigenvalue weighted by atomic mass is 10.4. The SMILES string of the molecule is N#CCc1nc(-c2cscn2)n[nH]1. The molecule has 0 spiro atoms. The van der Waals surface area contributed by atoms with E-state index in [2.05, 4.69) is 20.2 Å². The number of nitriles is 1. The molecule has 5 nitrogen and oxygen atoms in total. The van der Waals surface area contributed by atoms with E-state index in [9.17, 15) is 0 Å². The molecule has 0 saturated carbocycles. The summed E-state index contributed by atoms with van der Waals surface area (Å²) in [5.41, 5.74) is 2.46. The van der Waals surface area contributed by atoms with Crippen molar-refractivity contribution in [1.82, 2.24) is 20.2 Å². The highest BCUT2D eigenvalue weighted by molar-refractivity contribution is 7.07. The van der Waals surface area contributed by atoms with E-state index in [1.807, 2.05) is 11.4 Å². The molecule has 2 rings (SSSR count). The topological polar surface area (TPSA) is 78.2 Å². The number of aromatic amines is 1. The highest BCUT2D eigenvalue weighted by Crippen LogP contribution is 2.13. The number of H-pyrrole nitrogens is 1. The minimum atomic E-state index is 0.247. The molecule has 0 aliphatic rings. The van der Waals surface area contributed by atoms with E-state index < -0.39 is 0 Å². The van der Waals surface area contributed by atoms with Gasteiger partial charge in [-0.3, -0.25) is 5.10 Å². The fourth-order valence-electron chi connectivity index (χ4n) is 0.887. The lowest BCUT2D eigenvalue weighted by Crippen LogP contribution is -1.83. The zero-order chi connectivity index (χ0) is 9.10. The van der Waals surface area contributed by atoms with Crippen LogP contribution >= 0.6 is 11.3 Å². The Morgan fingerprint density at radius 1 is 1.62 bits per heavy atom. The number of nitrogens with zero attached hydrogens (tertiary/aromatic N) is 4. The van der Waals surface area contributed by atoms with Gasteiger partial charge in [-0.05, 0) is 0 Å². The normalized spacial score (nSPS) is 9.77. The van der Waals surface area contributed by atoms with Crippen LogP contribution in [0.4, 0.5) is 0 Å². The molecule has 0 amide bonds. The van der Waals surface area contributed by atoms with Gasteiger partial charge in [0.2, 0.25) is 5.82 Å². The molecule has 6 heteroatoms. The Morgan fingerprint density at radius 3 is 3.23 bits per heavy atom. The van der Waals surface area contributed by atoms with Crippen molar-refractivity contribution in [1.29, 1.82) is 5.26 Å². The predicted molar refractivity (Wildman–Crippen MR) is 46.8 cm³/mol. The molecule has 2 aromatic heterocycles. The first-order valence-electron chi connectivity index (χ1n) is 3.57. The molecular formula is C7H5N5S. The summed E-state index contributed by atoms with van der Waals surface area (Å²) < 4.78 is 0. The van der Waals surface area contributed by atoms with Crippen LogP contribution in [0.15, 0.2) is 10.9 Å². The fraction of sp³-hybridized carbons (Fsp3) is 0.143. The van der Waals surface area contributed by atoms with Gasteiger partial charge < -0.3 is 0 Å². The summed E-state index contributed by atoms with van der Waals surface area (Å²) in [5.74, 6) is 1.12. The number of rotatable bonds is 2. The molecule has 0 aromatic carbocycles. The average Bonchev–Trinajstić information content (AvgIpc) is 2.70. The molecule has 0 saturated heterocycles. The van der Waals surface area contributed by atoms with Gasteiger partial charge in [-0.2, -0.15) is 10.4 Å². The second-order valence-electron chi connectivity index (χ2n) is 2.31. The maximum atomic E-state index is 8.41. The zero-order valence-corrected chi connectivity index (χ0v) is 7.38. The maximum absolute atomic E-state index is 8.41. The van der Waals surface area contributed by atoms with Gasteiger partial charge in [-0.25, -0.2) is 9.97 Å². The van der Waals surface area contributed by atoms with Crippen LogP contribution in [0.25, 0.3) is 11.5 Å². The van der Waals surface area contributed by atoms with Gasteiger partial charge in [-0.1, -0.05) is 0 Å². The Bertz CT molecular complexity index is 424. The first-order valence-corrected chi connectivity index (χ1v) is 4.51. The molecular weight excluding hydrogens is 186 g/mol. The Kier molecular flexibility index (Phi) is 2.02. The van der Waals surface area contributed by atoms with E-state index in [0.717, 1.165) is 5.69 Å².